The van der Waals surface area contributed by atoms with Crippen molar-refractivity contribution in [1.29, 1.82) is 0 Å². The molecule has 0 radical (unpaired) electrons. The molecule has 0 aromatic heterocycles. The molecule has 2 rings (SSSR count). The van der Waals surface area contributed by atoms with Crippen LogP contribution in [0.15, 0.2) is 48.5 Å². The van der Waals surface area contributed by atoms with Crippen molar-refractivity contribution in [2.45, 2.75) is 84.8 Å². The van der Waals surface area contributed by atoms with Gasteiger partial charge in [0.2, 0.25) is 0 Å². The molecule has 2 aromatic rings. The lowest BCUT2D eigenvalue weighted by Gasteiger charge is -2.29. The Hall–Kier alpha value is -2.69. The second kappa shape index (κ2) is 12.5. The predicted molar refractivity (Wildman–Crippen MR) is 134 cm³/mol. The van der Waals surface area contributed by atoms with Crippen LogP contribution in [0, 0.1) is 0 Å². The highest BCUT2D eigenvalue weighted by atomic mass is 16.5. The maximum absolute atomic E-state index is 12.0. The molecule has 0 atom stereocenters. The van der Waals surface area contributed by atoms with Crippen LogP contribution < -0.4 is 19.5 Å². The summed E-state index contributed by atoms with van der Waals surface area (Å²) < 4.78 is 18.0. The van der Waals surface area contributed by atoms with Gasteiger partial charge in [-0.25, -0.2) is 0 Å². The summed E-state index contributed by atoms with van der Waals surface area (Å²) in [5.41, 5.74) is 0.693. The molecule has 0 bridgehead atoms. The van der Waals surface area contributed by atoms with Gasteiger partial charge >= 0.3 is 0 Å². The largest absolute Gasteiger partial charge is 0.488 e. The minimum absolute atomic E-state index is 0.0314. The number of para-hydroxylation sites is 1. The van der Waals surface area contributed by atoms with Gasteiger partial charge in [-0.1, -0.05) is 38.1 Å². The Bertz CT molecular complexity index is 861. The number of hydrogen-bond donors (Lipinski definition) is 1. The number of nitrogens with one attached hydrogen (secondary N) is 1. The molecule has 1 amide bonds. The number of carbonyl (C=O) groups is 1. The van der Waals surface area contributed by atoms with E-state index in [1.165, 1.54) is 0 Å². The van der Waals surface area contributed by atoms with Crippen LogP contribution in [0.2, 0.25) is 0 Å². The topological polar surface area (TPSA) is 56.8 Å². The monoisotopic (exact) mass is 455 g/mol. The summed E-state index contributed by atoms with van der Waals surface area (Å²) in [6.07, 6.45) is 4.55. The Morgan fingerprint density at radius 2 is 1.52 bits per heavy atom. The Kier molecular flexibility index (Phi) is 10.1. The first-order chi connectivity index (χ1) is 15.6. The standard InChI is InChI=1S/C28H41NO4/c1-7-27(3,4)32-24-18-17-22(25(20-24)33-28(5,6)8-2)14-12-13-19-29-26(30)21-31-23-15-10-9-11-16-23/h9-11,15-18,20H,7-8,12-14,19,21H2,1-6H3,(H,29,30). The fraction of sp³-hybridized carbons (Fsp3) is 0.536. The number of aryl methyl sites for hydroxylation is 1. The van der Waals surface area contributed by atoms with E-state index < -0.39 is 0 Å². The van der Waals surface area contributed by atoms with Crippen molar-refractivity contribution in [2.75, 3.05) is 13.2 Å². The molecule has 0 aliphatic rings. The quantitative estimate of drug-likeness (QED) is 0.338. The molecule has 0 saturated carbocycles. The zero-order valence-electron chi connectivity index (χ0n) is 21.2. The Labute approximate surface area is 199 Å². The number of rotatable bonds is 14. The van der Waals surface area contributed by atoms with Gasteiger partial charge in [-0.3, -0.25) is 4.79 Å². The van der Waals surface area contributed by atoms with Gasteiger partial charge in [0.15, 0.2) is 6.61 Å². The lowest BCUT2D eigenvalue weighted by molar-refractivity contribution is -0.123. The predicted octanol–water partition coefficient (Wildman–Crippen LogP) is 6.34. The van der Waals surface area contributed by atoms with Crippen molar-refractivity contribution in [3.05, 3.63) is 54.1 Å². The average Bonchev–Trinajstić information content (AvgIpc) is 2.79. The second-order valence-corrected chi connectivity index (χ2v) is 9.61. The summed E-state index contributed by atoms with van der Waals surface area (Å²) in [5, 5.41) is 2.93. The van der Waals surface area contributed by atoms with Gasteiger partial charge in [0.1, 0.15) is 28.5 Å². The van der Waals surface area contributed by atoms with Crippen LogP contribution >= 0.6 is 0 Å². The molecule has 0 heterocycles. The molecular weight excluding hydrogens is 414 g/mol. The van der Waals surface area contributed by atoms with E-state index in [1.54, 1.807) is 0 Å². The van der Waals surface area contributed by atoms with Gasteiger partial charge in [0.05, 0.1) is 0 Å². The van der Waals surface area contributed by atoms with Crippen molar-refractivity contribution < 1.29 is 19.0 Å². The van der Waals surface area contributed by atoms with E-state index >= 15 is 0 Å². The maximum atomic E-state index is 12.0. The number of ether oxygens (including phenoxy) is 3. The molecule has 2 aromatic carbocycles. The zero-order chi connectivity index (χ0) is 24.3. The van der Waals surface area contributed by atoms with Gasteiger partial charge in [0, 0.05) is 12.6 Å². The number of amides is 1. The summed E-state index contributed by atoms with van der Waals surface area (Å²) >= 11 is 0. The molecule has 33 heavy (non-hydrogen) atoms. The highest BCUT2D eigenvalue weighted by Gasteiger charge is 2.21. The van der Waals surface area contributed by atoms with Crippen molar-refractivity contribution in [3.8, 4) is 17.2 Å². The first-order valence-corrected chi connectivity index (χ1v) is 12.1. The molecule has 5 nitrogen and oxygen atoms in total. The second-order valence-electron chi connectivity index (χ2n) is 9.61. The van der Waals surface area contributed by atoms with Crippen molar-refractivity contribution in [1.82, 2.24) is 5.32 Å². The fourth-order valence-electron chi connectivity index (χ4n) is 3.05. The first kappa shape index (κ1) is 26.6. The van der Waals surface area contributed by atoms with Crippen LogP contribution in [0.3, 0.4) is 0 Å². The van der Waals surface area contributed by atoms with Crippen LogP contribution in [0.25, 0.3) is 0 Å². The molecule has 1 N–H and O–H groups in total. The lowest BCUT2D eigenvalue weighted by Crippen LogP contribution is -2.29. The summed E-state index contributed by atoms with van der Waals surface area (Å²) in [5.74, 6) is 2.31. The van der Waals surface area contributed by atoms with Crippen molar-refractivity contribution in [2.24, 2.45) is 0 Å². The third-order valence-corrected chi connectivity index (χ3v) is 5.83. The molecule has 0 saturated heterocycles. The molecule has 0 aliphatic carbocycles. The van der Waals surface area contributed by atoms with Crippen molar-refractivity contribution in [3.63, 3.8) is 0 Å². The molecule has 0 unspecified atom stereocenters. The molecule has 5 heteroatoms. The molecule has 0 spiro atoms. The van der Waals surface area contributed by atoms with Gasteiger partial charge < -0.3 is 19.5 Å². The Morgan fingerprint density at radius 3 is 2.18 bits per heavy atom. The fourth-order valence-corrected chi connectivity index (χ4v) is 3.05. The van der Waals surface area contributed by atoms with Gasteiger partial charge in [-0.15, -0.1) is 0 Å². The van der Waals surface area contributed by atoms with E-state index in [0.29, 0.717) is 12.3 Å². The number of carbonyl (C=O) groups excluding carboxylic acids is 1. The minimum atomic E-state index is -0.250. The van der Waals surface area contributed by atoms with Crippen LogP contribution in [0.4, 0.5) is 0 Å². The van der Waals surface area contributed by atoms with Gasteiger partial charge in [-0.05, 0) is 83.6 Å². The smallest absolute Gasteiger partial charge is 0.257 e. The van der Waals surface area contributed by atoms with Crippen molar-refractivity contribution >= 4 is 5.91 Å². The van der Waals surface area contributed by atoms with Crippen LogP contribution in [-0.4, -0.2) is 30.3 Å². The highest BCUT2D eigenvalue weighted by Crippen LogP contribution is 2.32. The third-order valence-electron chi connectivity index (χ3n) is 5.83. The number of hydrogen-bond acceptors (Lipinski definition) is 4. The number of benzene rings is 2. The van der Waals surface area contributed by atoms with E-state index in [0.717, 1.165) is 49.2 Å². The van der Waals surface area contributed by atoms with E-state index in [2.05, 4.69) is 52.9 Å². The molecular formula is C28H41NO4. The minimum Gasteiger partial charge on any atom is -0.488 e. The van der Waals surface area contributed by atoms with E-state index in [4.69, 9.17) is 14.2 Å². The SMILES string of the molecule is CCC(C)(C)Oc1ccc(CCCCNC(=O)COc2ccccc2)c(OC(C)(C)CC)c1. The van der Waals surface area contributed by atoms with Gasteiger partial charge in [0.25, 0.3) is 5.91 Å². The summed E-state index contributed by atoms with van der Waals surface area (Å²) in [4.78, 5) is 12.0. The van der Waals surface area contributed by atoms with E-state index in [9.17, 15) is 4.79 Å². The Balaban J connectivity index is 1.86. The molecule has 182 valence electrons. The summed E-state index contributed by atoms with van der Waals surface area (Å²) in [6.45, 7) is 13.3. The zero-order valence-corrected chi connectivity index (χ0v) is 21.2. The third kappa shape index (κ3) is 9.77. The van der Waals surface area contributed by atoms with Crippen LogP contribution in [0.5, 0.6) is 17.2 Å². The normalized spacial score (nSPS) is 11.7. The summed E-state index contributed by atoms with van der Waals surface area (Å²) in [6, 6.07) is 15.5. The van der Waals surface area contributed by atoms with Crippen LogP contribution in [-0.2, 0) is 11.2 Å². The van der Waals surface area contributed by atoms with Gasteiger partial charge in [-0.2, -0.15) is 0 Å². The summed E-state index contributed by atoms with van der Waals surface area (Å²) in [7, 11) is 0. The van der Waals surface area contributed by atoms with E-state index in [-0.39, 0.29) is 23.7 Å². The average molecular weight is 456 g/mol. The first-order valence-electron chi connectivity index (χ1n) is 12.1. The lowest BCUT2D eigenvalue weighted by atomic mass is 10.0. The molecule has 0 aliphatic heterocycles. The number of unbranched alkanes of at least 4 members (excludes halogenated alkanes) is 1. The highest BCUT2D eigenvalue weighted by molar-refractivity contribution is 5.77. The molecule has 0 fully saturated rings. The Morgan fingerprint density at radius 1 is 0.848 bits per heavy atom. The van der Waals surface area contributed by atoms with Crippen LogP contribution in [0.1, 0.15) is 72.8 Å². The maximum Gasteiger partial charge on any atom is 0.257 e. The van der Waals surface area contributed by atoms with E-state index in [1.807, 2.05) is 42.5 Å².